The number of rotatable bonds is 4. The summed E-state index contributed by atoms with van der Waals surface area (Å²) in [4.78, 5) is 8.99. The van der Waals surface area contributed by atoms with Crippen LogP contribution in [-0.2, 0) is 12.8 Å². The minimum Gasteiger partial charge on any atom is -0.308 e. The van der Waals surface area contributed by atoms with E-state index in [2.05, 4.69) is 116 Å². The molecule has 5 aromatic heterocycles. The molecular formula is C42H30N6. The fraction of sp³-hybridized carbons (Fsp3) is 0.0714. The second-order valence-corrected chi connectivity index (χ2v) is 12.9. The van der Waals surface area contributed by atoms with Crippen molar-refractivity contribution in [1.82, 2.24) is 29.3 Å². The van der Waals surface area contributed by atoms with Crippen molar-refractivity contribution in [3.8, 4) is 33.6 Å². The van der Waals surface area contributed by atoms with Gasteiger partial charge in [0.15, 0.2) is 0 Å². The Labute approximate surface area is 276 Å². The minimum atomic E-state index is 0.989. The summed E-state index contributed by atoms with van der Waals surface area (Å²) in [6.45, 7) is 6.31. The van der Waals surface area contributed by atoms with Gasteiger partial charge in [0.1, 0.15) is 0 Å². The zero-order valence-corrected chi connectivity index (χ0v) is 26.4. The van der Waals surface area contributed by atoms with E-state index in [-0.39, 0.29) is 0 Å². The van der Waals surface area contributed by atoms with Crippen LogP contribution in [0.1, 0.15) is 23.6 Å². The molecule has 10 rings (SSSR count). The van der Waals surface area contributed by atoms with Crippen LogP contribution < -0.4 is 0 Å². The number of nitrogens with zero attached hydrogens (tertiary/aromatic N) is 5. The number of H-pyrrole nitrogens is 1. The molecule has 0 atom stereocenters. The first-order valence-electron chi connectivity index (χ1n) is 16.3. The SMILES string of the molecule is C=C(C)c1ccc2c(c1)c1cc3c(cc1n2-c1cccnc1)-c1cc2c(cc1CC3)c1cc(-c3cn[nH]c3)ccc1n2-c1cccnc1. The van der Waals surface area contributed by atoms with Crippen LogP contribution in [0.3, 0.4) is 0 Å². The van der Waals surface area contributed by atoms with Gasteiger partial charge in [-0.25, -0.2) is 0 Å². The van der Waals surface area contributed by atoms with Crippen LogP contribution in [-0.4, -0.2) is 29.3 Å². The molecule has 228 valence electrons. The highest BCUT2D eigenvalue weighted by molar-refractivity contribution is 6.14. The number of aryl methyl sites for hydroxylation is 2. The van der Waals surface area contributed by atoms with Crippen molar-refractivity contribution in [3.05, 3.63) is 145 Å². The summed E-state index contributed by atoms with van der Waals surface area (Å²) in [6.07, 6.45) is 13.4. The van der Waals surface area contributed by atoms with Crippen molar-refractivity contribution < 1.29 is 0 Å². The number of pyridine rings is 2. The zero-order chi connectivity index (χ0) is 31.9. The third-order valence-electron chi connectivity index (χ3n) is 10.1. The topological polar surface area (TPSA) is 64.3 Å². The minimum absolute atomic E-state index is 0.989. The van der Waals surface area contributed by atoms with Crippen molar-refractivity contribution in [1.29, 1.82) is 0 Å². The summed E-state index contributed by atoms with van der Waals surface area (Å²) in [5.41, 5.74) is 16.6. The number of aromatic nitrogens is 6. The first-order chi connectivity index (χ1) is 23.6. The molecule has 0 unspecified atom stereocenters. The van der Waals surface area contributed by atoms with Gasteiger partial charge in [0.2, 0.25) is 0 Å². The van der Waals surface area contributed by atoms with Gasteiger partial charge in [0.25, 0.3) is 0 Å². The Hall–Kier alpha value is -6.27. The van der Waals surface area contributed by atoms with Crippen molar-refractivity contribution >= 4 is 49.2 Å². The van der Waals surface area contributed by atoms with Gasteiger partial charge in [0.05, 0.1) is 52.0 Å². The van der Waals surface area contributed by atoms with Crippen molar-refractivity contribution in [2.45, 2.75) is 19.8 Å². The molecule has 6 heteroatoms. The molecule has 4 aromatic carbocycles. The maximum atomic E-state index is 4.50. The molecule has 9 aromatic rings. The van der Waals surface area contributed by atoms with Crippen LogP contribution in [0.25, 0.3) is 82.8 Å². The molecule has 0 spiro atoms. The molecule has 0 amide bonds. The highest BCUT2D eigenvalue weighted by Crippen LogP contribution is 2.44. The predicted molar refractivity (Wildman–Crippen MR) is 196 cm³/mol. The van der Waals surface area contributed by atoms with Crippen molar-refractivity contribution in [3.63, 3.8) is 0 Å². The summed E-state index contributed by atoms with van der Waals surface area (Å²) < 4.78 is 4.71. The average molecular weight is 619 g/mol. The van der Waals surface area contributed by atoms with Crippen LogP contribution in [0, 0.1) is 0 Å². The highest BCUT2D eigenvalue weighted by atomic mass is 15.1. The summed E-state index contributed by atoms with van der Waals surface area (Å²) in [5, 5.41) is 12.1. The van der Waals surface area contributed by atoms with E-state index in [1.807, 2.05) is 49.3 Å². The number of fused-ring (bicyclic) bond motifs is 9. The number of hydrogen-bond acceptors (Lipinski definition) is 3. The van der Waals surface area contributed by atoms with E-state index in [4.69, 9.17) is 0 Å². The Bertz CT molecular complexity index is 2730. The number of allylic oxidation sites excluding steroid dienone is 1. The summed E-state index contributed by atoms with van der Waals surface area (Å²) in [6, 6.07) is 31.4. The second kappa shape index (κ2) is 10.1. The van der Waals surface area contributed by atoms with Gasteiger partial charge in [-0.1, -0.05) is 24.3 Å². The van der Waals surface area contributed by atoms with Crippen LogP contribution in [0.5, 0.6) is 0 Å². The highest BCUT2D eigenvalue weighted by Gasteiger charge is 2.24. The quantitative estimate of drug-likeness (QED) is 0.214. The molecule has 0 fully saturated rings. The standard InChI is InChI=1S/C42H30N6/c1-25(2)26-9-11-39-35(15-26)37-17-28-7-8-29-18-38-36-16-27(30-21-45-46-22-30)10-12-40(36)48(32-6-4-14-44-24-32)42(38)20-34(29)33(28)19-41(37)47(39)31-5-3-13-43-23-31/h3-6,9-24H,1,7-8H2,2H3,(H,45,46). The average Bonchev–Trinajstić information content (AvgIpc) is 3.85. The predicted octanol–water partition coefficient (Wildman–Crippen LogP) is 9.86. The van der Waals surface area contributed by atoms with Gasteiger partial charge >= 0.3 is 0 Å². The summed E-state index contributed by atoms with van der Waals surface area (Å²) in [7, 11) is 0. The van der Waals surface area contributed by atoms with Gasteiger partial charge in [-0.15, -0.1) is 0 Å². The lowest BCUT2D eigenvalue weighted by Gasteiger charge is -2.21. The lowest BCUT2D eigenvalue weighted by Crippen LogP contribution is -2.05. The third kappa shape index (κ3) is 3.89. The Morgan fingerprint density at radius 2 is 1.21 bits per heavy atom. The van der Waals surface area contributed by atoms with E-state index in [0.717, 1.165) is 52.0 Å². The molecule has 1 aliphatic rings. The first kappa shape index (κ1) is 26.9. The molecule has 1 N–H and O–H groups in total. The van der Waals surface area contributed by atoms with E-state index >= 15 is 0 Å². The maximum Gasteiger partial charge on any atom is 0.0645 e. The number of hydrogen-bond donors (Lipinski definition) is 1. The summed E-state index contributed by atoms with van der Waals surface area (Å²) >= 11 is 0. The van der Waals surface area contributed by atoms with Gasteiger partial charge in [-0.2, -0.15) is 5.10 Å². The Kier molecular flexibility index (Phi) is 5.67. The van der Waals surface area contributed by atoms with Gasteiger partial charge in [-0.3, -0.25) is 15.1 Å². The van der Waals surface area contributed by atoms with E-state index in [0.29, 0.717) is 0 Å². The zero-order valence-electron chi connectivity index (χ0n) is 26.4. The van der Waals surface area contributed by atoms with E-state index in [1.165, 1.54) is 60.3 Å². The van der Waals surface area contributed by atoms with E-state index in [9.17, 15) is 0 Å². The second-order valence-electron chi connectivity index (χ2n) is 12.9. The van der Waals surface area contributed by atoms with Crippen LogP contribution in [0.2, 0.25) is 0 Å². The lowest BCUT2D eigenvalue weighted by atomic mass is 9.84. The molecule has 0 aliphatic heterocycles. The third-order valence-corrected chi connectivity index (χ3v) is 10.1. The lowest BCUT2D eigenvalue weighted by molar-refractivity contribution is 0.946. The number of benzene rings is 4. The number of aromatic amines is 1. The molecule has 5 heterocycles. The van der Waals surface area contributed by atoms with E-state index < -0.39 is 0 Å². The molecule has 0 saturated heterocycles. The molecule has 0 radical (unpaired) electrons. The Morgan fingerprint density at radius 1 is 0.625 bits per heavy atom. The van der Waals surface area contributed by atoms with Crippen LogP contribution in [0.15, 0.2) is 129 Å². The number of nitrogens with one attached hydrogen (secondary N) is 1. The van der Waals surface area contributed by atoms with Crippen molar-refractivity contribution in [2.24, 2.45) is 0 Å². The monoisotopic (exact) mass is 618 g/mol. The fourth-order valence-electron chi connectivity index (χ4n) is 7.79. The van der Waals surface area contributed by atoms with Crippen LogP contribution in [0.4, 0.5) is 0 Å². The van der Waals surface area contributed by atoms with Gasteiger partial charge < -0.3 is 9.13 Å². The molecule has 48 heavy (non-hydrogen) atoms. The fourth-order valence-corrected chi connectivity index (χ4v) is 7.79. The smallest absolute Gasteiger partial charge is 0.0645 e. The first-order valence-corrected chi connectivity index (χ1v) is 16.3. The Balaban J connectivity index is 1.27. The maximum absolute atomic E-state index is 4.50. The van der Waals surface area contributed by atoms with Gasteiger partial charge in [-0.05, 0) is 126 Å². The normalized spacial score (nSPS) is 12.6. The van der Waals surface area contributed by atoms with Crippen LogP contribution >= 0.6 is 0 Å². The van der Waals surface area contributed by atoms with E-state index in [1.54, 1.807) is 0 Å². The van der Waals surface area contributed by atoms with Gasteiger partial charge in [0, 0.05) is 45.7 Å². The molecule has 0 saturated carbocycles. The Morgan fingerprint density at radius 3 is 1.75 bits per heavy atom. The molecule has 1 aliphatic carbocycles. The van der Waals surface area contributed by atoms with Crippen molar-refractivity contribution in [2.75, 3.05) is 0 Å². The molecule has 6 nitrogen and oxygen atoms in total. The molecular weight excluding hydrogens is 589 g/mol. The largest absolute Gasteiger partial charge is 0.308 e. The summed E-state index contributed by atoms with van der Waals surface area (Å²) in [5.74, 6) is 0. The molecule has 0 bridgehead atoms.